The van der Waals surface area contributed by atoms with Gasteiger partial charge in [0.2, 0.25) is 5.91 Å². The van der Waals surface area contributed by atoms with Crippen LogP contribution in [0, 0.1) is 12.8 Å². The normalized spacial score (nSPS) is 10.4. The van der Waals surface area contributed by atoms with Crippen molar-refractivity contribution in [1.29, 1.82) is 0 Å². The third-order valence-electron chi connectivity index (χ3n) is 3.89. The lowest BCUT2D eigenvalue weighted by Crippen LogP contribution is -2.18. The fraction of sp³-hybridized carbons (Fsp3) is 0.300. The fourth-order valence-electron chi connectivity index (χ4n) is 2.25. The molecule has 0 radical (unpaired) electrons. The average Bonchev–Trinajstić information content (AvgIpc) is 2.63. The van der Waals surface area contributed by atoms with E-state index in [4.69, 9.17) is 9.47 Å². The second-order valence-electron chi connectivity index (χ2n) is 6.23. The summed E-state index contributed by atoms with van der Waals surface area (Å²) in [5.74, 6) is 0.563. The Morgan fingerprint density at radius 3 is 2.08 bits per heavy atom. The minimum absolute atomic E-state index is 0.0799. The van der Waals surface area contributed by atoms with Gasteiger partial charge in [-0.1, -0.05) is 19.9 Å². The van der Waals surface area contributed by atoms with Crippen molar-refractivity contribution in [2.75, 3.05) is 24.9 Å². The molecule has 2 rings (SSSR count). The highest BCUT2D eigenvalue weighted by Crippen LogP contribution is 2.25. The molecule has 0 aliphatic rings. The van der Waals surface area contributed by atoms with E-state index in [0.29, 0.717) is 28.4 Å². The van der Waals surface area contributed by atoms with Gasteiger partial charge >= 0.3 is 0 Å². The molecule has 6 heteroatoms. The van der Waals surface area contributed by atoms with E-state index in [1.165, 1.54) is 14.2 Å². The molecule has 0 aliphatic carbocycles. The summed E-state index contributed by atoms with van der Waals surface area (Å²) < 4.78 is 10.4. The maximum Gasteiger partial charge on any atom is 0.255 e. The highest BCUT2D eigenvalue weighted by atomic mass is 16.5. The van der Waals surface area contributed by atoms with Crippen LogP contribution >= 0.6 is 0 Å². The maximum atomic E-state index is 12.6. The predicted molar refractivity (Wildman–Crippen MR) is 102 cm³/mol. The number of carbonyl (C=O) groups excluding carboxylic acids is 2. The van der Waals surface area contributed by atoms with E-state index in [-0.39, 0.29) is 17.7 Å². The van der Waals surface area contributed by atoms with Crippen LogP contribution in [0.4, 0.5) is 11.4 Å². The van der Waals surface area contributed by atoms with E-state index in [1.54, 1.807) is 30.3 Å². The Bertz CT molecular complexity index is 793. The smallest absolute Gasteiger partial charge is 0.255 e. The number of anilines is 2. The number of amides is 2. The summed E-state index contributed by atoms with van der Waals surface area (Å²) in [5.41, 5.74) is 2.55. The van der Waals surface area contributed by atoms with E-state index in [1.807, 2.05) is 26.8 Å². The molecule has 2 aromatic rings. The van der Waals surface area contributed by atoms with Gasteiger partial charge in [0.25, 0.3) is 5.91 Å². The van der Waals surface area contributed by atoms with E-state index in [2.05, 4.69) is 10.6 Å². The van der Waals surface area contributed by atoms with Crippen LogP contribution in [0.5, 0.6) is 11.5 Å². The number of methoxy groups -OCH3 is 2. The van der Waals surface area contributed by atoms with Crippen molar-refractivity contribution in [2.45, 2.75) is 20.8 Å². The van der Waals surface area contributed by atoms with Crippen LogP contribution in [0.2, 0.25) is 0 Å². The van der Waals surface area contributed by atoms with Crippen LogP contribution < -0.4 is 20.1 Å². The number of ether oxygens (including phenoxy) is 2. The van der Waals surface area contributed by atoms with Crippen LogP contribution in [-0.4, -0.2) is 26.0 Å². The zero-order valence-electron chi connectivity index (χ0n) is 15.7. The molecule has 138 valence electrons. The summed E-state index contributed by atoms with van der Waals surface area (Å²) in [6, 6.07) is 10.4. The third kappa shape index (κ3) is 4.75. The van der Waals surface area contributed by atoms with Gasteiger partial charge in [0, 0.05) is 28.9 Å². The second kappa shape index (κ2) is 8.38. The molecule has 2 amide bonds. The molecular weight excluding hydrogens is 332 g/mol. The minimum Gasteiger partial charge on any atom is -0.497 e. The van der Waals surface area contributed by atoms with Gasteiger partial charge in [-0.25, -0.2) is 0 Å². The van der Waals surface area contributed by atoms with Crippen molar-refractivity contribution in [2.24, 2.45) is 5.92 Å². The van der Waals surface area contributed by atoms with Crippen molar-refractivity contribution in [1.82, 2.24) is 0 Å². The summed E-state index contributed by atoms with van der Waals surface area (Å²) in [6.45, 7) is 5.53. The van der Waals surface area contributed by atoms with Crippen molar-refractivity contribution in [3.05, 3.63) is 47.5 Å². The zero-order chi connectivity index (χ0) is 19.3. The molecule has 0 unspecified atom stereocenters. The number of hydrogen-bond donors (Lipinski definition) is 2. The predicted octanol–water partition coefficient (Wildman–Crippen LogP) is 3.86. The van der Waals surface area contributed by atoms with Gasteiger partial charge in [0.1, 0.15) is 11.5 Å². The van der Waals surface area contributed by atoms with E-state index >= 15 is 0 Å². The molecule has 0 aliphatic heterocycles. The van der Waals surface area contributed by atoms with Gasteiger partial charge in [0.15, 0.2) is 0 Å². The highest BCUT2D eigenvalue weighted by molar-refractivity contribution is 6.05. The molecule has 2 N–H and O–H groups in total. The first-order chi connectivity index (χ1) is 12.3. The number of nitrogens with one attached hydrogen (secondary N) is 2. The lowest BCUT2D eigenvalue weighted by molar-refractivity contribution is -0.118. The SMILES string of the molecule is COc1cc(OC)cc(C(=O)Nc2cc(NC(=O)C(C)C)ccc2C)c1. The Labute approximate surface area is 153 Å². The molecule has 0 bridgehead atoms. The Balaban J connectivity index is 2.24. The van der Waals surface area contributed by atoms with Crippen molar-refractivity contribution < 1.29 is 19.1 Å². The summed E-state index contributed by atoms with van der Waals surface area (Å²) >= 11 is 0. The Morgan fingerprint density at radius 1 is 0.923 bits per heavy atom. The van der Waals surface area contributed by atoms with Gasteiger partial charge in [-0.3, -0.25) is 9.59 Å². The zero-order valence-corrected chi connectivity index (χ0v) is 15.7. The topological polar surface area (TPSA) is 76.7 Å². The summed E-state index contributed by atoms with van der Waals surface area (Å²) in [4.78, 5) is 24.5. The van der Waals surface area contributed by atoms with Gasteiger partial charge < -0.3 is 20.1 Å². The summed E-state index contributed by atoms with van der Waals surface area (Å²) in [7, 11) is 3.06. The Kier molecular flexibility index (Phi) is 6.22. The molecule has 0 heterocycles. The standard InChI is InChI=1S/C20H24N2O4/c1-12(2)19(23)21-15-7-6-13(3)18(10-15)22-20(24)14-8-16(25-4)11-17(9-14)26-5/h6-12H,1-5H3,(H,21,23)(H,22,24). The first kappa shape index (κ1) is 19.3. The molecule has 0 saturated carbocycles. The largest absolute Gasteiger partial charge is 0.497 e. The molecule has 0 fully saturated rings. The number of rotatable bonds is 6. The van der Waals surface area contributed by atoms with E-state index in [9.17, 15) is 9.59 Å². The van der Waals surface area contributed by atoms with Gasteiger partial charge in [-0.05, 0) is 36.8 Å². The van der Waals surface area contributed by atoms with Crippen LogP contribution in [0.3, 0.4) is 0 Å². The van der Waals surface area contributed by atoms with Gasteiger partial charge in [-0.15, -0.1) is 0 Å². The van der Waals surface area contributed by atoms with E-state index in [0.717, 1.165) is 5.56 Å². The molecule has 26 heavy (non-hydrogen) atoms. The molecule has 0 atom stereocenters. The van der Waals surface area contributed by atoms with Crippen molar-refractivity contribution >= 4 is 23.2 Å². The van der Waals surface area contributed by atoms with Gasteiger partial charge in [0.05, 0.1) is 14.2 Å². The molecule has 0 saturated heterocycles. The number of benzene rings is 2. The highest BCUT2D eigenvalue weighted by Gasteiger charge is 2.13. The summed E-state index contributed by atoms with van der Waals surface area (Å²) in [6.07, 6.45) is 0. The number of aryl methyl sites for hydroxylation is 1. The van der Waals surface area contributed by atoms with Crippen LogP contribution in [-0.2, 0) is 4.79 Å². The lowest BCUT2D eigenvalue weighted by atomic mass is 10.1. The lowest BCUT2D eigenvalue weighted by Gasteiger charge is -2.13. The number of carbonyl (C=O) groups is 2. The van der Waals surface area contributed by atoms with Crippen LogP contribution in [0.15, 0.2) is 36.4 Å². The van der Waals surface area contributed by atoms with Gasteiger partial charge in [-0.2, -0.15) is 0 Å². The molecule has 6 nitrogen and oxygen atoms in total. The molecular formula is C20H24N2O4. The van der Waals surface area contributed by atoms with Crippen LogP contribution in [0.1, 0.15) is 29.8 Å². The fourth-order valence-corrected chi connectivity index (χ4v) is 2.25. The van der Waals surface area contributed by atoms with Crippen LogP contribution in [0.25, 0.3) is 0 Å². The van der Waals surface area contributed by atoms with E-state index < -0.39 is 0 Å². The molecule has 0 aromatic heterocycles. The summed E-state index contributed by atoms with van der Waals surface area (Å²) in [5, 5.41) is 5.70. The first-order valence-corrected chi connectivity index (χ1v) is 8.30. The monoisotopic (exact) mass is 356 g/mol. The van der Waals surface area contributed by atoms with Crippen molar-refractivity contribution in [3.63, 3.8) is 0 Å². The number of hydrogen-bond acceptors (Lipinski definition) is 4. The second-order valence-corrected chi connectivity index (χ2v) is 6.23. The third-order valence-corrected chi connectivity index (χ3v) is 3.89. The molecule has 0 spiro atoms. The maximum absolute atomic E-state index is 12.6. The van der Waals surface area contributed by atoms with Crippen molar-refractivity contribution in [3.8, 4) is 11.5 Å². The minimum atomic E-state index is -0.294. The average molecular weight is 356 g/mol. The molecule has 2 aromatic carbocycles. The Hall–Kier alpha value is -3.02. The quantitative estimate of drug-likeness (QED) is 0.824. The Morgan fingerprint density at radius 2 is 1.54 bits per heavy atom. The first-order valence-electron chi connectivity index (χ1n) is 8.30.